The van der Waals surface area contributed by atoms with Gasteiger partial charge in [0.1, 0.15) is 0 Å². The second kappa shape index (κ2) is 6.59. The summed E-state index contributed by atoms with van der Waals surface area (Å²) in [5.41, 5.74) is 5.54. The highest BCUT2D eigenvalue weighted by Crippen LogP contribution is 2.13. The first-order valence-corrected chi connectivity index (χ1v) is 6.85. The third-order valence-corrected chi connectivity index (χ3v) is 3.38. The molecule has 0 bridgehead atoms. The largest absolute Gasteiger partial charge is 0.369 e. The van der Waals surface area contributed by atoms with Gasteiger partial charge in [-0.25, -0.2) is 4.98 Å². The minimum Gasteiger partial charge on any atom is -0.369 e. The molecule has 1 aromatic heterocycles. The molecule has 0 aliphatic heterocycles. The molecule has 88 valence electrons. The highest BCUT2D eigenvalue weighted by Gasteiger charge is 2.03. The topological polar surface area (TPSA) is 88.8 Å². The van der Waals surface area contributed by atoms with Gasteiger partial charge in [0.15, 0.2) is 5.16 Å². The Morgan fingerprint density at radius 1 is 1.62 bits per heavy atom. The molecule has 0 unspecified atom stereocenters. The highest BCUT2D eigenvalue weighted by molar-refractivity contribution is 7.99. The Kier molecular flexibility index (Phi) is 5.41. The fourth-order valence-electron chi connectivity index (χ4n) is 0.972. The quantitative estimate of drug-likeness (QED) is 0.577. The van der Waals surface area contributed by atoms with E-state index in [1.54, 1.807) is 11.8 Å². The van der Waals surface area contributed by atoms with E-state index in [0.717, 1.165) is 23.2 Å². The van der Waals surface area contributed by atoms with Crippen LogP contribution in [0.1, 0.15) is 12.6 Å². The van der Waals surface area contributed by atoms with Crippen molar-refractivity contribution in [1.29, 1.82) is 0 Å². The number of nitrogens with one attached hydrogen (secondary N) is 1. The summed E-state index contributed by atoms with van der Waals surface area (Å²) in [6, 6.07) is 1.47. The summed E-state index contributed by atoms with van der Waals surface area (Å²) in [6.07, 6.45) is 0. The van der Waals surface area contributed by atoms with E-state index in [2.05, 4.69) is 9.97 Å². The molecule has 0 saturated heterocycles. The number of carbonyl (C=O) groups excluding carboxylic acids is 1. The summed E-state index contributed by atoms with van der Waals surface area (Å²) in [5, 5.41) is 0.443. The molecular formula is C9H13N3O2S2. The van der Waals surface area contributed by atoms with E-state index in [1.165, 1.54) is 6.07 Å². The van der Waals surface area contributed by atoms with Crippen LogP contribution in [0.5, 0.6) is 0 Å². The van der Waals surface area contributed by atoms with E-state index in [0.29, 0.717) is 10.9 Å². The second-order valence-electron chi connectivity index (χ2n) is 2.93. The summed E-state index contributed by atoms with van der Waals surface area (Å²) >= 11 is 2.83. The number of aromatic nitrogens is 2. The minimum atomic E-state index is -0.430. The Hall–Kier alpha value is -0.950. The van der Waals surface area contributed by atoms with Crippen LogP contribution < -0.4 is 11.3 Å². The van der Waals surface area contributed by atoms with Crippen molar-refractivity contribution in [1.82, 2.24) is 9.97 Å². The lowest BCUT2D eigenvalue weighted by molar-refractivity contribution is -0.115. The number of rotatable bonds is 6. The summed E-state index contributed by atoms with van der Waals surface area (Å²) in [4.78, 5) is 28.7. The fraction of sp³-hybridized carbons (Fsp3) is 0.444. The first-order valence-electron chi connectivity index (χ1n) is 4.71. The van der Waals surface area contributed by atoms with Crippen molar-refractivity contribution >= 4 is 29.4 Å². The molecule has 0 radical (unpaired) electrons. The van der Waals surface area contributed by atoms with Crippen molar-refractivity contribution in [2.75, 3.05) is 11.5 Å². The summed E-state index contributed by atoms with van der Waals surface area (Å²) in [7, 11) is 0. The average Bonchev–Trinajstić information content (AvgIpc) is 2.23. The molecule has 0 aliphatic rings. The summed E-state index contributed by atoms with van der Waals surface area (Å²) in [6.45, 7) is 2.04. The van der Waals surface area contributed by atoms with Crippen LogP contribution in [0.15, 0.2) is 16.0 Å². The number of nitrogens with two attached hydrogens (primary N) is 1. The zero-order valence-electron chi connectivity index (χ0n) is 8.86. The molecule has 5 nitrogen and oxygen atoms in total. The Labute approximate surface area is 102 Å². The molecule has 3 N–H and O–H groups in total. The van der Waals surface area contributed by atoms with Gasteiger partial charge in [-0.05, 0) is 5.75 Å². The van der Waals surface area contributed by atoms with E-state index in [9.17, 15) is 9.59 Å². The summed E-state index contributed by atoms with van der Waals surface area (Å²) in [5.74, 6) is 1.36. The number of nitrogens with zero attached hydrogens (tertiary/aromatic N) is 1. The van der Waals surface area contributed by atoms with E-state index in [-0.39, 0.29) is 11.3 Å². The standard InChI is InChI=1S/C9H13N3O2S2/c1-2-15-4-6-3-8(14)12-9(11-6)16-5-7(10)13/h3H,2,4-5H2,1H3,(H2,10,13)(H,11,12,14). The van der Waals surface area contributed by atoms with Crippen molar-refractivity contribution in [3.8, 4) is 0 Å². The van der Waals surface area contributed by atoms with E-state index >= 15 is 0 Å². The number of carbonyl (C=O) groups is 1. The van der Waals surface area contributed by atoms with Gasteiger partial charge in [0.25, 0.3) is 5.56 Å². The van der Waals surface area contributed by atoms with Gasteiger partial charge in [-0.3, -0.25) is 9.59 Å². The third-order valence-electron chi connectivity index (χ3n) is 1.58. The van der Waals surface area contributed by atoms with Crippen LogP contribution in [0, 0.1) is 0 Å². The number of H-pyrrole nitrogens is 1. The molecule has 1 amide bonds. The summed E-state index contributed by atoms with van der Waals surface area (Å²) < 4.78 is 0. The molecule has 1 rings (SSSR count). The molecule has 16 heavy (non-hydrogen) atoms. The number of hydrogen-bond acceptors (Lipinski definition) is 5. The van der Waals surface area contributed by atoms with Gasteiger partial charge in [-0.2, -0.15) is 11.8 Å². The van der Waals surface area contributed by atoms with Gasteiger partial charge in [0.2, 0.25) is 5.91 Å². The van der Waals surface area contributed by atoms with Crippen LogP contribution in [-0.2, 0) is 10.5 Å². The normalized spacial score (nSPS) is 10.3. The van der Waals surface area contributed by atoms with Gasteiger partial charge in [0.05, 0.1) is 11.4 Å². The molecule has 1 heterocycles. The number of aromatic amines is 1. The third kappa shape index (κ3) is 4.71. The monoisotopic (exact) mass is 259 g/mol. The maximum absolute atomic E-state index is 11.3. The van der Waals surface area contributed by atoms with Gasteiger partial charge in [-0.1, -0.05) is 18.7 Å². The predicted molar refractivity (Wildman–Crippen MR) is 66.6 cm³/mol. The molecule has 7 heteroatoms. The maximum atomic E-state index is 11.3. The second-order valence-corrected chi connectivity index (χ2v) is 5.17. The van der Waals surface area contributed by atoms with E-state index in [1.807, 2.05) is 6.92 Å². The fourth-order valence-corrected chi connectivity index (χ4v) is 2.17. The van der Waals surface area contributed by atoms with Gasteiger partial charge in [0, 0.05) is 11.8 Å². The molecule has 0 saturated carbocycles. The molecule has 0 aromatic carbocycles. The zero-order chi connectivity index (χ0) is 12.0. The van der Waals surface area contributed by atoms with Crippen molar-refractivity contribution in [2.24, 2.45) is 5.73 Å². The first kappa shape index (κ1) is 13.1. The van der Waals surface area contributed by atoms with E-state index < -0.39 is 5.91 Å². The Morgan fingerprint density at radius 2 is 2.38 bits per heavy atom. The van der Waals surface area contributed by atoms with Crippen LogP contribution in [0.2, 0.25) is 0 Å². The lowest BCUT2D eigenvalue weighted by atomic mass is 10.5. The van der Waals surface area contributed by atoms with Crippen LogP contribution in [0.4, 0.5) is 0 Å². The molecular weight excluding hydrogens is 246 g/mol. The van der Waals surface area contributed by atoms with Gasteiger partial charge in [-0.15, -0.1) is 0 Å². The molecule has 0 atom stereocenters. The van der Waals surface area contributed by atoms with Gasteiger partial charge >= 0.3 is 0 Å². The SMILES string of the molecule is CCSCc1cc(=O)[nH]c(SCC(N)=O)n1. The van der Waals surface area contributed by atoms with Crippen LogP contribution in [0.3, 0.4) is 0 Å². The minimum absolute atomic E-state index is 0.118. The maximum Gasteiger partial charge on any atom is 0.251 e. The number of primary amides is 1. The predicted octanol–water partition coefficient (Wildman–Crippen LogP) is 0.600. The van der Waals surface area contributed by atoms with Crippen molar-refractivity contribution in [3.63, 3.8) is 0 Å². The highest BCUT2D eigenvalue weighted by atomic mass is 32.2. The Bertz CT molecular complexity index is 419. The van der Waals surface area contributed by atoms with Crippen LogP contribution in [-0.4, -0.2) is 27.4 Å². The lowest BCUT2D eigenvalue weighted by Crippen LogP contribution is -2.15. The van der Waals surface area contributed by atoms with Crippen LogP contribution in [0.25, 0.3) is 0 Å². The number of hydrogen-bond donors (Lipinski definition) is 2. The molecule has 0 fully saturated rings. The Morgan fingerprint density at radius 3 is 3.00 bits per heavy atom. The average molecular weight is 259 g/mol. The van der Waals surface area contributed by atoms with Crippen molar-refractivity contribution in [3.05, 3.63) is 22.1 Å². The molecule has 0 aliphatic carbocycles. The van der Waals surface area contributed by atoms with E-state index in [4.69, 9.17) is 5.73 Å². The molecule has 1 aromatic rings. The number of amides is 1. The number of thioether (sulfide) groups is 2. The smallest absolute Gasteiger partial charge is 0.251 e. The van der Waals surface area contributed by atoms with Crippen LogP contribution >= 0.6 is 23.5 Å². The lowest BCUT2D eigenvalue weighted by Gasteiger charge is -2.02. The first-order chi connectivity index (χ1) is 7.61. The zero-order valence-corrected chi connectivity index (χ0v) is 10.5. The van der Waals surface area contributed by atoms with Gasteiger partial charge < -0.3 is 10.7 Å². The van der Waals surface area contributed by atoms with Crippen molar-refractivity contribution < 1.29 is 4.79 Å². The Balaban J connectivity index is 2.73. The molecule has 0 spiro atoms. The van der Waals surface area contributed by atoms with Crippen molar-refractivity contribution in [2.45, 2.75) is 17.8 Å².